The predicted octanol–water partition coefficient (Wildman–Crippen LogP) is 4.68. The molecule has 0 radical (unpaired) electrons. The molecule has 2 heteroatoms. The van der Waals surface area contributed by atoms with E-state index in [0.717, 1.165) is 5.02 Å². The Bertz CT molecular complexity index is 429. The number of benzene rings is 1. The van der Waals surface area contributed by atoms with E-state index >= 15 is 0 Å². The first-order chi connectivity index (χ1) is 6.18. The Morgan fingerprint density at radius 3 is 2.69 bits per heavy atom. The highest BCUT2D eigenvalue weighted by Gasteiger charge is 2.06. The SMILES string of the molecule is CC(C)c1cc2cccc(Cl)c2s1. The molecule has 68 valence electrons. The summed E-state index contributed by atoms with van der Waals surface area (Å²) < 4.78 is 1.22. The standard InChI is InChI=1S/C11H11ClS/c1-7(2)10-6-8-4-3-5-9(12)11(8)13-10/h3-7H,1-2H3. The molecule has 0 atom stereocenters. The molecule has 0 aliphatic heterocycles. The third-order valence-corrected chi connectivity index (χ3v) is 4.00. The van der Waals surface area contributed by atoms with Crippen LogP contribution in [0.25, 0.3) is 10.1 Å². The van der Waals surface area contributed by atoms with Crippen LogP contribution in [0.5, 0.6) is 0 Å². The summed E-state index contributed by atoms with van der Waals surface area (Å²) >= 11 is 7.89. The summed E-state index contributed by atoms with van der Waals surface area (Å²) in [5, 5.41) is 2.13. The highest BCUT2D eigenvalue weighted by Crippen LogP contribution is 2.34. The van der Waals surface area contributed by atoms with E-state index in [1.54, 1.807) is 11.3 Å². The number of thiophene rings is 1. The van der Waals surface area contributed by atoms with Crippen LogP contribution in [0.4, 0.5) is 0 Å². The van der Waals surface area contributed by atoms with E-state index < -0.39 is 0 Å². The number of hydrogen-bond acceptors (Lipinski definition) is 1. The molecule has 2 rings (SSSR count). The average molecular weight is 211 g/mol. The van der Waals surface area contributed by atoms with Crippen LogP contribution >= 0.6 is 22.9 Å². The molecule has 0 nitrogen and oxygen atoms in total. The van der Waals surface area contributed by atoms with Crippen LogP contribution < -0.4 is 0 Å². The molecule has 13 heavy (non-hydrogen) atoms. The fourth-order valence-electron chi connectivity index (χ4n) is 1.33. The van der Waals surface area contributed by atoms with Crippen molar-refractivity contribution in [3.05, 3.63) is 34.2 Å². The lowest BCUT2D eigenvalue weighted by Gasteiger charge is -1.96. The Hall–Kier alpha value is -0.530. The average Bonchev–Trinajstić information content (AvgIpc) is 2.49. The van der Waals surface area contributed by atoms with Gasteiger partial charge in [-0.1, -0.05) is 37.6 Å². The van der Waals surface area contributed by atoms with Crippen molar-refractivity contribution < 1.29 is 0 Å². The molecule has 0 aliphatic rings. The summed E-state index contributed by atoms with van der Waals surface area (Å²) in [6, 6.07) is 8.30. The van der Waals surface area contributed by atoms with E-state index in [9.17, 15) is 0 Å². The van der Waals surface area contributed by atoms with Gasteiger partial charge >= 0.3 is 0 Å². The topological polar surface area (TPSA) is 0 Å². The molecule has 0 amide bonds. The zero-order valence-corrected chi connectivity index (χ0v) is 9.25. The van der Waals surface area contributed by atoms with Crippen LogP contribution in [0.3, 0.4) is 0 Å². The Kier molecular flexibility index (Phi) is 2.31. The molecule has 0 fully saturated rings. The quantitative estimate of drug-likeness (QED) is 0.641. The highest BCUT2D eigenvalue weighted by molar-refractivity contribution is 7.19. The Morgan fingerprint density at radius 1 is 1.31 bits per heavy atom. The van der Waals surface area contributed by atoms with Gasteiger partial charge in [0.2, 0.25) is 0 Å². The first kappa shape index (κ1) is 9.04. The molecule has 0 bridgehead atoms. The van der Waals surface area contributed by atoms with E-state index in [1.165, 1.54) is 15.0 Å². The molecular weight excluding hydrogens is 200 g/mol. The summed E-state index contributed by atoms with van der Waals surface area (Å²) in [6.07, 6.45) is 0. The smallest absolute Gasteiger partial charge is 0.0584 e. The minimum absolute atomic E-state index is 0.591. The van der Waals surface area contributed by atoms with Gasteiger partial charge in [-0.25, -0.2) is 0 Å². The number of rotatable bonds is 1. The Balaban J connectivity index is 2.68. The highest BCUT2D eigenvalue weighted by atomic mass is 35.5. The van der Waals surface area contributed by atoms with Crippen LogP contribution in [0.15, 0.2) is 24.3 Å². The largest absolute Gasteiger partial charge is 0.138 e. The third-order valence-electron chi connectivity index (χ3n) is 2.08. The predicted molar refractivity (Wildman–Crippen MR) is 60.9 cm³/mol. The molecule has 2 aromatic rings. The van der Waals surface area contributed by atoms with E-state index in [1.807, 2.05) is 12.1 Å². The van der Waals surface area contributed by atoms with Crippen molar-refractivity contribution in [2.75, 3.05) is 0 Å². The zero-order valence-electron chi connectivity index (χ0n) is 7.67. The Labute approximate surface area is 87.2 Å². The lowest BCUT2D eigenvalue weighted by atomic mass is 10.1. The molecule has 0 saturated carbocycles. The van der Waals surface area contributed by atoms with Gasteiger partial charge in [-0.2, -0.15) is 0 Å². The molecule has 0 N–H and O–H groups in total. The van der Waals surface area contributed by atoms with Gasteiger partial charge in [-0.3, -0.25) is 0 Å². The van der Waals surface area contributed by atoms with Gasteiger partial charge < -0.3 is 0 Å². The normalized spacial score (nSPS) is 11.4. The molecular formula is C11H11ClS. The second kappa shape index (κ2) is 3.32. The van der Waals surface area contributed by atoms with Gasteiger partial charge in [0.05, 0.1) is 9.72 Å². The van der Waals surface area contributed by atoms with Gasteiger partial charge in [0, 0.05) is 4.88 Å². The van der Waals surface area contributed by atoms with Crippen LogP contribution in [-0.2, 0) is 0 Å². The fourth-order valence-corrected chi connectivity index (χ4v) is 2.70. The van der Waals surface area contributed by atoms with E-state index in [-0.39, 0.29) is 0 Å². The monoisotopic (exact) mass is 210 g/mol. The van der Waals surface area contributed by atoms with Crippen molar-refractivity contribution in [1.29, 1.82) is 0 Å². The number of halogens is 1. The maximum Gasteiger partial charge on any atom is 0.0584 e. The fraction of sp³-hybridized carbons (Fsp3) is 0.273. The van der Waals surface area contributed by atoms with E-state index in [4.69, 9.17) is 11.6 Å². The Morgan fingerprint density at radius 2 is 2.08 bits per heavy atom. The molecule has 1 aromatic heterocycles. The van der Waals surface area contributed by atoms with Crippen LogP contribution in [0, 0.1) is 0 Å². The molecule has 1 heterocycles. The van der Waals surface area contributed by atoms with Crippen molar-refractivity contribution in [3.63, 3.8) is 0 Å². The zero-order chi connectivity index (χ0) is 9.42. The molecule has 0 unspecified atom stereocenters. The molecule has 1 aromatic carbocycles. The summed E-state index contributed by atoms with van der Waals surface area (Å²) in [5.41, 5.74) is 0. The lowest BCUT2D eigenvalue weighted by Crippen LogP contribution is -1.77. The second-order valence-corrected chi connectivity index (χ2v) is 4.95. The summed E-state index contributed by atoms with van der Waals surface area (Å²) in [4.78, 5) is 1.41. The minimum atomic E-state index is 0.591. The van der Waals surface area contributed by atoms with Crippen LogP contribution in [-0.4, -0.2) is 0 Å². The van der Waals surface area contributed by atoms with Gasteiger partial charge in [0.15, 0.2) is 0 Å². The maximum atomic E-state index is 6.09. The first-order valence-corrected chi connectivity index (χ1v) is 5.56. The van der Waals surface area contributed by atoms with Crippen molar-refractivity contribution in [2.24, 2.45) is 0 Å². The number of fused-ring (bicyclic) bond motifs is 1. The molecule has 0 aliphatic carbocycles. The van der Waals surface area contributed by atoms with Crippen molar-refractivity contribution >= 4 is 33.0 Å². The third kappa shape index (κ3) is 1.59. The lowest BCUT2D eigenvalue weighted by molar-refractivity contribution is 0.890. The van der Waals surface area contributed by atoms with Gasteiger partial charge in [-0.15, -0.1) is 11.3 Å². The van der Waals surface area contributed by atoms with Gasteiger partial charge in [0.1, 0.15) is 0 Å². The second-order valence-electron chi connectivity index (χ2n) is 3.46. The minimum Gasteiger partial charge on any atom is -0.138 e. The van der Waals surface area contributed by atoms with Crippen molar-refractivity contribution in [1.82, 2.24) is 0 Å². The maximum absolute atomic E-state index is 6.09. The summed E-state index contributed by atoms with van der Waals surface area (Å²) in [7, 11) is 0. The van der Waals surface area contributed by atoms with Gasteiger partial charge in [-0.05, 0) is 23.4 Å². The van der Waals surface area contributed by atoms with Crippen LogP contribution in [0.2, 0.25) is 5.02 Å². The summed E-state index contributed by atoms with van der Waals surface area (Å²) in [6.45, 7) is 4.41. The van der Waals surface area contributed by atoms with Crippen molar-refractivity contribution in [2.45, 2.75) is 19.8 Å². The van der Waals surface area contributed by atoms with E-state index in [0.29, 0.717) is 5.92 Å². The first-order valence-electron chi connectivity index (χ1n) is 4.36. The summed E-state index contributed by atoms with van der Waals surface area (Å²) in [5.74, 6) is 0.591. The van der Waals surface area contributed by atoms with Crippen LogP contribution in [0.1, 0.15) is 24.6 Å². The van der Waals surface area contributed by atoms with Gasteiger partial charge in [0.25, 0.3) is 0 Å². The van der Waals surface area contributed by atoms with Crippen molar-refractivity contribution in [3.8, 4) is 0 Å². The molecule has 0 saturated heterocycles. The molecule has 0 spiro atoms. The van der Waals surface area contributed by atoms with E-state index in [2.05, 4.69) is 26.0 Å². The number of hydrogen-bond donors (Lipinski definition) is 0.